The minimum atomic E-state index is -2.36. The van der Waals surface area contributed by atoms with Gasteiger partial charge in [-0.15, -0.1) is 0 Å². The van der Waals surface area contributed by atoms with Crippen LogP contribution in [0.4, 0.5) is 8.78 Å². The molecule has 3 heteroatoms. The van der Waals surface area contributed by atoms with Crippen molar-refractivity contribution in [1.82, 2.24) is 5.32 Å². The van der Waals surface area contributed by atoms with E-state index in [-0.39, 0.29) is 0 Å². The predicted octanol–water partition coefficient (Wildman–Crippen LogP) is 3.30. The second-order valence-electron chi connectivity index (χ2n) is 3.62. The Kier molecular flexibility index (Phi) is 4.69. The quantitative estimate of drug-likeness (QED) is 0.791. The summed E-state index contributed by atoms with van der Waals surface area (Å²) in [5.74, 6) is 0. The zero-order chi connectivity index (χ0) is 11.3. The molecule has 0 saturated heterocycles. The van der Waals surface area contributed by atoms with Crippen LogP contribution in [0, 0.1) is 6.92 Å². The van der Waals surface area contributed by atoms with Crippen molar-refractivity contribution in [3.8, 4) is 0 Å². The Hall–Kier alpha value is -0.960. The molecule has 0 spiro atoms. The average Bonchev–Trinajstić information content (AvgIpc) is 2.20. The van der Waals surface area contributed by atoms with Crippen LogP contribution in [0.1, 0.15) is 30.5 Å². The second kappa shape index (κ2) is 5.81. The van der Waals surface area contributed by atoms with E-state index in [0.29, 0.717) is 12.1 Å². The van der Waals surface area contributed by atoms with Gasteiger partial charge < -0.3 is 5.32 Å². The number of nitrogens with one attached hydrogen (secondary N) is 1. The summed E-state index contributed by atoms with van der Waals surface area (Å²) in [4.78, 5) is 0. The summed E-state index contributed by atoms with van der Waals surface area (Å²) in [7, 11) is 0. The van der Waals surface area contributed by atoms with Crippen LogP contribution in [-0.2, 0) is 0 Å². The van der Waals surface area contributed by atoms with E-state index < -0.39 is 12.5 Å². The Morgan fingerprint density at radius 3 is 2.47 bits per heavy atom. The van der Waals surface area contributed by atoms with Crippen molar-refractivity contribution in [2.45, 2.75) is 32.7 Å². The normalized spacial score (nSPS) is 13.1. The molecule has 1 rings (SSSR count). The topological polar surface area (TPSA) is 12.0 Å². The number of halogens is 2. The molecule has 1 atom stereocenters. The fourth-order valence-corrected chi connectivity index (χ4v) is 1.57. The second-order valence-corrected chi connectivity index (χ2v) is 3.62. The fraction of sp³-hybridized carbons (Fsp3) is 0.500. The van der Waals surface area contributed by atoms with Crippen molar-refractivity contribution in [3.05, 3.63) is 35.4 Å². The maximum atomic E-state index is 12.8. The van der Waals surface area contributed by atoms with Crippen molar-refractivity contribution in [2.24, 2.45) is 0 Å². The molecule has 0 amide bonds. The minimum Gasteiger partial charge on any atom is -0.305 e. The maximum absolute atomic E-state index is 12.8. The molecule has 0 saturated carbocycles. The van der Waals surface area contributed by atoms with E-state index in [2.05, 4.69) is 5.32 Å². The van der Waals surface area contributed by atoms with Crippen molar-refractivity contribution < 1.29 is 8.78 Å². The summed E-state index contributed by atoms with van der Waals surface area (Å²) in [6.07, 6.45) is -1.51. The lowest BCUT2D eigenvalue weighted by molar-refractivity contribution is 0.0982. The molecule has 1 aromatic rings. The highest BCUT2D eigenvalue weighted by Crippen LogP contribution is 2.23. The molecular formula is C12H17F2N. The first-order valence-corrected chi connectivity index (χ1v) is 5.24. The van der Waals surface area contributed by atoms with Crippen LogP contribution in [0.3, 0.4) is 0 Å². The first kappa shape index (κ1) is 12.1. The Morgan fingerprint density at radius 2 is 1.93 bits per heavy atom. The van der Waals surface area contributed by atoms with Gasteiger partial charge in [0.05, 0.1) is 6.04 Å². The molecule has 1 N–H and O–H groups in total. The van der Waals surface area contributed by atoms with Gasteiger partial charge in [0.15, 0.2) is 0 Å². The molecule has 0 aromatic heterocycles. The van der Waals surface area contributed by atoms with E-state index in [9.17, 15) is 8.78 Å². The van der Waals surface area contributed by atoms with Gasteiger partial charge in [0.2, 0.25) is 0 Å². The molecule has 0 aliphatic rings. The van der Waals surface area contributed by atoms with Gasteiger partial charge in [-0.1, -0.05) is 31.2 Å². The molecule has 0 fully saturated rings. The summed E-state index contributed by atoms with van der Waals surface area (Å²) in [6, 6.07) is 6.44. The Labute approximate surface area is 89.5 Å². The van der Waals surface area contributed by atoms with E-state index in [0.717, 1.165) is 12.0 Å². The van der Waals surface area contributed by atoms with Crippen molar-refractivity contribution in [3.63, 3.8) is 0 Å². The summed E-state index contributed by atoms with van der Waals surface area (Å²) in [5, 5.41) is 2.88. The van der Waals surface area contributed by atoms with Crippen LogP contribution in [0.2, 0.25) is 0 Å². The summed E-state index contributed by atoms with van der Waals surface area (Å²) in [6.45, 7) is 4.44. The number of hydrogen-bond acceptors (Lipinski definition) is 1. The first-order valence-electron chi connectivity index (χ1n) is 5.24. The Morgan fingerprint density at radius 1 is 1.27 bits per heavy atom. The number of hydrogen-bond donors (Lipinski definition) is 1. The van der Waals surface area contributed by atoms with Crippen molar-refractivity contribution in [2.75, 3.05) is 6.54 Å². The third kappa shape index (κ3) is 3.27. The van der Waals surface area contributed by atoms with Crippen molar-refractivity contribution in [1.29, 1.82) is 0 Å². The highest BCUT2D eigenvalue weighted by atomic mass is 19.3. The summed E-state index contributed by atoms with van der Waals surface area (Å²) >= 11 is 0. The molecule has 0 aliphatic carbocycles. The van der Waals surface area contributed by atoms with Gasteiger partial charge in [-0.2, -0.15) is 0 Å². The molecule has 15 heavy (non-hydrogen) atoms. The van der Waals surface area contributed by atoms with E-state index in [1.54, 1.807) is 12.1 Å². The minimum absolute atomic E-state index is 0.614. The van der Waals surface area contributed by atoms with Gasteiger partial charge in [-0.3, -0.25) is 0 Å². The van der Waals surface area contributed by atoms with Crippen LogP contribution in [-0.4, -0.2) is 13.0 Å². The predicted molar refractivity (Wildman–Crippen MR) is 58.2 cm³/mol. The van der Waals surface area contributed by atoms with Crippen LogP contribution >= 0.6 is 0 Å². The number of rotatable bonds is 5. The highest BCUT2D eigenvalue weighted by Gasteiger charge is 2.22. The number of alkyl halides is 2. The number of benzene rings is 1. The van der Waals surface area contributed by atoms with E-state index in [1.807, 2.05) is 26.0 Å². The zero-order valence-corrected chi connectivity index (χ0v) is 9.13. The number of aryl methyl sites for hydroxylation is 1. The molecular weight excluding hydrogens is 196 g/mol. The molecule has 0 aliphatic heterocycles. The largest absolute Gasteiger partial charge is 0.305 e. The molecule has 1 nitrogen and oxygen atoms in total. The monoisotopic (exact) mass is 213 g/mol. The maximum Gasteiger partial charge on any atom is 0.257 e. The van der Waals surface area contributed by atoms with Crippen LogP contribution in [0.15, 0.2) is 24.3 Å². The first-order chi connectivity index (χ1) is 7.16. The SMILES string of the molecule is CCCNC(c1ccccc1C)C(F)F. The Bertz CT molecular complexity index is 299. The molecule has 1 unspecified atom stereocenters. The van der Waals surface area contributed by atoms with Gasteiger partial charge in [0.1, 0.15) is 0 Å². The van der Waals surface area contributed by atoms with Gasteiger partial charge in [0, 0.05) is 0 Å². The summed E-state index contributed by atoms with van der Waals surface area (Å²) < 4.78 is 25.7. The lowest BCUT2D eigenvalue weighted by atomic mass is 10.0. The van der Waals surface area contributed by atoms with Crippen LogP contribution in [0.5, 0.6) is 0 Å². The van der Waals surface area contributed by atoms with Gasteiger partial charge in [-0.25, -0.2) is 8.78 Å². The fourth-order valence-electron chi connectivity index (χ4n) is 1.57. The molecule has 0 radical (unpaired) electrons. The van der Waals surface area contributed by atoms with E-state index in [1.165, 1.54) is 0 Å². The standard InChI is InChI=1S/C12H17F2N/c1-3-8-15-11(12(13)14)10-7-5-4-6-9(10)2/h4-7,11-12,15H,3,8H2,1-2H3. The molecule has 0 heterocycles. The van der Waals surface area contributed by atoms with E-state index in [4.69, 9.17) is 0 Å². The third-order valence-corrected chi connectivity index (χ3v) is 2.39. The average molecular weight is 213 g/mol. The smallest absolute Gasteiger partial charge is 0.257 e. The van der Waals surface area contributed by atoms with Crippen molar-refractivity contribution >= 4 is 0 Å². The van der Waals surface area contributed by atoms with Crippen LogP contribution < -0.4 is 5.32 Å². The molecule has 84 valence electrons. The Balaban J connectivity index is 2.84. The highest BCUT2D eigenvalue weighted by molar-refractivity contribution is 5.29. The van der Waals surface area contributed by atoms with Gasteiger partial charge >= 0.3 is 0 Å². The van der Waals surface area contributed by atoms with Crippen LogP contribution in [0.25, 0.3) is 0 Å². The summed E-state index contributed by atoms with van der Waals surface area (Å²) in [5.41, 5.74) is 1.60. The van der Waals surface area contributed by atoms with E-state index >= 15 is 0 Å². The lowest BCUT2D eigenvalue weighted by Crippen LogP contribution is -2.28. The van der Waals surface area contributed by atoms with Gasteiger partial charge in [0.25, 0.3) is 6.43 Å². The molecule has 1 aromatic carbocycles. The third-order valence-electron chi connectivity index (χ3n) is 2.39. The molecule has 0 bridgehead atoms. The lowest BCUT2D eigenvalue weighted by Gasteiger charge is -2.19. The van der Waals surface area contributed by atoms with Gasteiger partial charge in [-0.05, 0) is 31.0 Å². The zero-order valence-electron chi connectivity index (χ0n) is 9.13.